The van der Waals surface area contributed by atoms with Crippen molar-refractivity contribution >= 4 is 52.0 Å². The fraction of sp³-hybridized carbons (Fsp3) is 0.429. The Labute approximate surface area is 264 Å². The number of halogens is 4. The Morgan fingerprint density at radius 1 is 1.15 bits per heavy atom. The highest BCUT2D eigenvalue weighted by atomic mass is 35.5. The molecule has 1 aromatic carbocycles. The number of rotatable bonds is 7. The molecule has 2 aliphatic rings. The molecule has 0 aliphatic carbocycles. The summed E-state index contributed by atoms with van der Waals surface area (Å²) in [4.78, 5) is 64.0. The van der Waals surface area contributed by atoms with Gasteiger partial charge in [-0.3, -0.25) is 24.0 Å². The van der Waals surface area contributed by atoms with Gasteiger partial charge in [0.15, 0.2) is 5.82 Å². The second kappa shape index (κ2) is 13.5. The van der Waals surface area contributed by atoms with Crippen molar-refractivity contribution in [2.24, 2.45) is 0 Å². The molecule has 4 heterocycles. The van der Waals surface area contributed by atoms with E-state index in [0.717, 1.165) is 28.3 Å². The van der Waals surface area contributed by atoms with E-state index in [1.807, 2.05) is 11.6 Å². The summed E-state index contributed by atoms with van der Waals surface area (Å²) < 4.78 is 47.4. The van der Waals surface area contributed by atoms with Gasteiger partial charge >= 0.3 is 18.0 Å². The molecule has 3 amide bonds. The number of anilines is 2. The van der Waals surface area contributed by atoms with Gasteiger partial charge in [-0.25, -0.2) is 5.48 Å². The third-order valence-corrected chi connectivity index (χ3v) is 7.87. The Morgan fingerprint density at radius 2 is 1.89 bits per heavy atom. The van der Waals surface area contributed by atoms with E-state index >= 15 is 0 Å². The van der Waals surface area contributed by atoms with Gasteiger partial charge in [0.25, 0.3) is 5.56 Å². The molecule has 5 rings (SSSR count). The summed E-state index contributed by atoms with van der Waals surface area (Å²) in [5, 5.41) is 6.73. The molecule has 0 radical (unpaired) electrons. The van der Waals surface area contributed by atoms with Crippen LogP contribution in [0.3, 0.4) is 0 Å². The Hall–Kier alpha value is -4.48. The topological polar surface area (TPSA) is 152 Å². The molecular formula is C28H30ClF3N8O6. The molecule has 18 heteroatoms. The van der Waals surface area contributed by atoms with Crippen LogP contribution >= 0.6 is 11.6 Å². The number of carbonyl (C=O) groups is 3. The minimum atomic E-state index is -4.61. The van der Waals surface area contributed by atoms with Crippen LogP contribution in [0.4, 0.5) is 24.5 Å². The van der Waals surface area contributed by atoms with Crippen molar-refractivity contribution in [3.05, 3.63) is 56.7 Å². The summed E-state index contributed by atoms with van der Waals surface area (Å²) in [7, 11) is 1.21. The summed E-state index contributed by atoms with van der Waals surface area (Å²) in [5.41, 5.74) is 1.97. The molecule has 0 bridgehead atoms. The SMILES string of the molecule is CCc1c(N2CCN(C(=O)C(=O)NOC)CC2)c(=O)n2nc(C3=CCOCC3)nc2n1CC(=O)Nc1ccc(C(F)(F)F)cc1Cl. The van der Waals surface area contributed by atoms with Crippen molar-refractivity contribution in [1.82, 2.24) is 29.5 Å². The molecule has 1 saturated heterocycles. The van der Waals surface area contributed by atoms with Crippen LogP contribution in [0.2, 0.25) is 5.02 Å². The number of hydrogen-bond donors (Lipinski definition) is 2. The number of ether oxygens (including phenoxy) is 1. The minimum Gasteiger partial charge on any atom is -0.377 e. The average Bonchev–Trinajstić information content (AvgIpc) is 3.49. The summed E-state index contributed by atoms with van der Waals surface area (Å²) >= 11 is 6.07. The number of amides is 3. The molecule has 1 fully saturated rings. The maximum absolute atomic E-state index is 14.0. The number of hydrogen-bond acceptors (Lipinski definition) is 9. The highest BCUT2D eigenvalue weighted by Crippen LogP contribution is 2.34. The van der Waals surface area contributed by atoms with Gasteiger partial charge in [-0.2, -0.15) is 22.7 Å². The van der Waals surface area contributed by atoms with Gasteiger partial charge in [0.2, 0.25) is 11.7 Å². The molecule has 2 N–H and O–H groups in total. The second-order valence-corrected chi connectivity index (χ2v) is 10.8. The quantitative estimate of drug-likeness (QED) is 0.285. The zero-order valence-electron chi connectivity index (χ0n) is 24.8. The van der Waals surface area contributed by atoms with E-state index < -0.39 is 35.0 Å². The maximum Gasteiger partial charge on any atom is 0.416 e. The van der Waals surface area contributed by atoms with Crippen LogP contribution in [0.15, 0.2) is 29.1 Å². The van der Waals surface area contributed by atoms with Gasteiger partial charge in [0.1, 0.15) is 12.2 Å². The van der Waals surface area contributed by atoms with E-state index in [-0.39, 0.29) is 61.3 Å². The van der Waals surface area contributed by atoms with Crippen molar-refractivity contribution < 1.29 is 37.1 Å². The average molecular weight is 667 g/mol. The van der Waals surface area contributed by atoms with Crippen molar-refractivity contribution in [2.75, 3.05) is 56.7 Å². The minimum absolute atomic E-state index is 0.0252. The third kappa shape index (κ3) is 6.70. The number of nitrogens with zero attached hydrogens (tertiary/aromatic N) is 6. The van der Waals surface area contributed by atoms with Crippen LogP contribution in [0.5, 0.6) is 0 Å². The Balaban J connectivity index is 1.51. The molecule has 2 aromatic heterocycles. The highest BCUT2D eigenvalue weighted by molar-refractivity contribution is 6.34. The summed E-state index contributed by atoms with van der Waals surface area (Å²) in [6.45, 7) is 2.84. The normalized spacial score (nSPS) is 15.6. The van der Waals surface area contributed by atoms with E-state index in [0.29, 0.717) is 31.2 Å². The van der Waals surface area contributed by atoms with Crippen LogP contribution in [0.1, 0.15) is 30.4 Å². The predicted octanol–water partition coefficient (Wildman–Crippen LogP) is 1.89. The molecule has 246 valence electrons. The smallest absolute Gasteiger partial charge is 0.377 e. The van der Waals surface area contributed by atoms with Crippen LogP contribution in [0, 0.1) is 0 Å². The predicted molar refractivity (Wildman–Crippen MR) is 159 cm³/mol. The van der Waals surface area contributed by atoms with Crippen molar-refractivity contribution in [2.45, 2.75) is 32.5 Å². The number of hydroxylamine groups is 1. The van der Waals surface area contributed by atoms with Crippen molar-refractivity contribution in [1.29, 1.82) is 0 Å². The van der Waals surface area contributed by atoms with Crippen LogP contribution in [-0.4, -0.2) is 88.3 Å². The van der Waals surface area contributed by atoms with Crippen molar-refractivity contribution in [3.63, 3.8) is 0 Å². The number of benzene rings is 1. The Bertz CT molecular complexity index is 1760. The summed E-state index contributed by atoms with van der Waals surface area (Å²) in [6, 6.07) is 2.60. The summed E-state index contributed by atoms with van der Waals surface area (Å²) in [5.74, 6) is -1.96. The number of piperazine rings is 1. The van der Waals surface area contributed by atoms with Gasteiger partial charge in [-0.15, -0.1) is 5.10 Å². The lowest BCUT2D eigenvalue weighted by Gasteiger charge is -2.36. The molecular weight excluding hydrogens is 637 g/mol. The van der Waals surface area contributed by atoms with Gasteiger partial charge in [-0.1, -0.05) is 24.6 Å². The lowest BCUT2D eigenvalue weighted by atomic mass is 10.1. The zero-order valence-corrected chi connectivity index (χ0v) is 25.6. The standard InChI is InChI=1S/C28H30ClF3N8O6/c1-3-20-22(37-8-10-38(11-9-37)26(44)24(42)36-45-2)25(43)40-27(34-23(35-40)16-6-12-46-13-7-16)39(20)15-21(41)33-19-5-4-17(14-18(19)29)28(30,31)32/h4-6,14H,3,7-13,15H2,1-2H3,(H,33,41)(H,36,42). The van der Waals surface area contributed by atoms with Gasteiger partial charge in [0.05, 0.1) is 42.3 Å². The maximum atomic E-state index is 14.0. The van der Waals surface area contributed by atoms with Crippen LogP contribution in [-0.2, 0) is 43.1 Å². The Kier molecular flexibility index (Phi) is 9.64. The molecule has 0 saturated carbocycles. The Morgan fingerprint density at radius 3 is 2.50 bits per heavy atom. The number of alkyl halides is 3. The molecule has 3 aromatic rings. The van der Waals surface area contributed by atoms with Gasteiger partial charge in [-0.05, 0) is 36.6 Å². The lowest BCUT2D eigenvalue weighted by molar-refractivity contribution is -0.151. The first-order chi connectivity index (χ1) is 21.9. The zero-order chi connectivity index (χ0) is 33.2. The fourth-order valence-electron chi connectivity index (χ4n) is 5.33. The van der Waals surface area contributed by atoms with Gasteiger partial charge in [0, 0.05) is 26.2 Å². The number of nitrogens with one attached hydrogen (secondary N) is 2. The van der Waals surface area contributed by atoms with Crippen LogP contribution < -0.4 is 21.3 Å². The monoisotopic (exact) mass is 666 g/mol. The number of fused-ring (bicyclic) bond motifs is 1. The molecule has 46 heavy (non-hydrogen) atoms. The molecule has 14 nitrogen and oxygen atoms in total. The highest BCUT2D eigenvalue weighted by Gasteiger charge is 2.32. The number of carbonyl (C=O) groups excluding carboxylic acids is 3. The second-order valence-electron chi connectivity index (χ2n) is 10.4. The molecule has 0 spiro atoms. The van der Waals surface area contributed by atoms with Crippen molar-refractivity contribution in [3.8, 4) is 0 Å². The van der Waals surface area contributed by atoms with E-state index in [1.165, 1.54) is 16.6 Å². The number of aromatic nitrogens is 4. The van der Waals surface area contributed by atoms with E-state index in [4.69, 9.17) is 16.3 Å². The lowest BCUT2D eigenvalue weighted by Crippen LogP contribution is -2.53. The third-order valence-electron chi connectivity index (χ3n) is 7.56. The molecule has 2 aliphatic heterocycles. The molecule has 0 unspecified atom stereocenters. The first-order valence-corrected chi connectivity index (χ1v) is 14.6. The van der Waals surface area contributed by atoms with E-state index in [9.17, 15) is 32.3 Å². The first kappa shape index (κ1) is 32.9. The van der Waals surface area contributed by atoms with Crippen LogP contribution in [0.25, 0.3) is 11.4 Å². The largest absolute Gasteiger partial charge is 0.416 e. The van der Waals surface area contributed by atoms with Gasteiger partial charge < -0.3 is 24.4 Å². The molecule has 0 atom stereocenters. The van der Waals surface area contributed by atoms with E-state index in [2.05, 4.69) is 20.2 Å². The van der Waals surface area contributed by atoms with E-state index in [1.54, 1.807) is 11.8 Å². The first-order valence-electron chi connectivity index (χ1n) is 14.3. The fourth-order valence-corrected chi connectivity index (χ4v) is 5.56. The summed E-state index contributed by atoms with van der Waals surface area (Å²) in [6.07, 6.45) is -2.01.